The molecule has 0 saturated carbocycles. The molecule has 0 aliphatic carbocycles. The van der Waals surface area contributed by atoms with Crippen LogP contribution in [0.2, 0.25) is 0 Å². The van der Waals surface area contributed by atoms with Crippen molar-refractivity contribution in [2.45, 2.75) is 52.1 Å². The Balaban J connectivity index is 0.000000303. The number of carbonyl (C=O) groups is 1. The minimum Gasteiger partial charge on any atom is -0.465 e. The summed E-state index contributed by atoms with van der Waals surface area (Å²) in [5, 5.41) is 12.6. The monoisotopic (exact) mass is 898 g/mol. The predicted molar refractivity (Wildman–Crippen MR) is 220 cm³/mol. The van der Waals surface area contributed by atoms with E-state index in [1.165, 1.54) is 90.6 Å². The molecule has 6 aromatic rings. The van der Waals surface area contributed by atoms with Crippen molar-refractivity contribution in [2.75, 3.05) is 13.6 Å². The van der Waals surface area contributed by atoms with Gasteiger partial charge in [0, 0.05) is 82.3 Å². The average Bonchev–Trinajstić information content (AvgIpc) is 3.78. The third-order valence-electron chi connectivity index (χ3n) is 7.64. The van der Waals surface area contributed by atoms with Crippen molar-refractivity contribution in [2.24, 2.45) is 5.41 Å². The second kappa shape index (κ2) is 19.8. The van der Waals surface area contributed by atoms with Gasteiger partial charge in [0.05, 0.1) is 16.3 Å². The molecule has 0 spiro atoms. The molecule has 20 heteroatoms. The number of rotatable bonds is 11. The molecular formula is C37H38Cl2F2N6O6S4. The number of halogens is 4. The molecule has 0 aliphatic heterocycles. The summed E-state index contributed by atoms with van der Waals surface area (Å²) < 4.78 is 81.2. The van der Waals surface area contributed by atoms with Gasteiger partial charge in [-0.3, -0.25) is 9.97 Å². The zero-order valence-corrected chi connectivity index (χ0v) is 35.7. The predicted octanol–water partition coefficient (Wildman–Crippen LogP) is 8.44. The van der Waals surface area contributed by atoms with Crippen LogP contribution in [0.15, 0.2) is 116 Å². The number of sulfone groups is 2. The van der Waals surface area contributed by atoms with E-state index in [1.54, 1.807) is 19.2 Å². The van der Waals surface area contributed by atoms with Crippen LogP contribution < -0.4 is 5.32 Å². The van der Waals surface area contributed by atoms with Crippen molar-refractivity contribution in [1.29, 1.82) is 0 Å². The first-order chi connectivity index (χ1) is 26.0. The van der Waals surface area contributed by atoms with Crippen molar-refractivity contribution in [3.63, 3.8) is 0 Å². The van der Waals surface area contributed by atoms with Crippen LogP contribution in [0.3, 0.4) is 0 Å². The fourth-order valence-electron chi connectivity index (χ4n) is 5.34. The molecule has 1 amide bonds. The van der Waals surface area contributed by atoms with Gasteiger partial charge in [0.15, 0.2) is 0 Å². The van der Waals surface area contributed by atoms with Gasteiger partial charge in [-0.2, -0.15) is 8.78 Å². The van der Waals surface area contributed by atoms with E-state index in [1.807, 2.05) is 20.8 Å². The number of thiophene rings is 2. The number of nitrogens with zero attached hydrogens (tertiary/aromatic N) is 5. The largest absolute Gasteiger partial charge is 0.465 e. The summed E-state index contributed by atoms with van der Waals surface area (Å²) in [6, 6.07) is 14.9. The third kappa shape index (κ3) is 11.4. The summed E-state index contributed by atoms with van der Waals surface area (Å²) in [7, 11) is -6.00. The van der Waals surface area contributed by atoms with Gasteiger partial charge < -0.3 is 15.3 Å². The fourth-order valence-corrected chi connectivity index (χ4v) is 11.6. The molecule has 0 bridgehead atoms. The topological polar surface area (TPSA) is 172 Å². The Morgan fingerprint density at radius 3 is 1.53 bits per heavy atom. The average molecular weight is 900 g/mol. The summed E-state index contributed by atoms with van der Waals surface area (Å²) in [5.41, 5.74) is 0.398. The summed E-state index contributed by atoms with van der Waals surface area (Å²) in [4.78, 5) is 29.3. The number of pyridine rings is 4. The minimum atomic E-state index is -3.99. The number of hydrogen-bond donors (Lipinski definition) is 2. The van der Waals surface area contributed by atoms with Crippen LogP contribution in [-0.4, -0.2) is 66.5 Å². The lowest BCUT2D eigenvalue weighted by Gasteiger charge is -2.27. The Morgan fingerprint density at radius 2 is 1.14 bits per heavy atom. The number of nitrogens with one attached hydrogen (secondary N) is 1. The van der Waals surface area contributed by atoms with Gasteiger partial charge in [0.2, 0.25) is 31.6 Å². The highest BCUT2D eigenvalue weighted by molar-refractivity contribution is 7.94. The molecule has 0 atom stereocenters. The molecule has 6 heterocycles. The van der Waals surface area contributed by atoms with E-state index in [0.717, 1.165) is 27.6 Å². The van der Waals surface area contributed by atoms with E-state index in [2.05, 4.69) is 25.3 Å². The molecule has 57 heavy (non-hydrogen) atoms. The van der Waals surface area contributed by atoms with Crippen LogP contribution in [0.1, 0.15) is 30.5 Å². The van der Waals surface area contributed by atoms with Gasteiger partial charge in [-0.25, -0.2) is 31.6 Å². The molecular weight excluding hydrogens is 862 g/mol. The maximum atomic E-state index is 14.5. The lowest BCUT2D eigenvalue weighted by molar-refractivity contribution is 0.123. The zero-order chi connectivity index (χ0) is 40.0. The number of hydrogen-bond acceptors (Lipinski definition) is 12. The summed E-state index contributed by atoms with van der Waals surface area (Å²) in [6.45, 7) is 6.46. The number of carboxylic acid groups (broad SMARTS) is 1. The van der Waals surface area contributed by atoms with Gasteiger partial charge >= 0.3 is 6.09 Å². The van der Waals surface area contributed by atoms with Crippen LogP contribution in [0.4, 0.5) is 13.6 Å². The van der Waals surface area contributed by atoms with E-state index >= 15 is 0 Å². The molecule has 0 aliphatic rings. The Hall–Kier alpha value is -4.43. The minimum absolute atomic E-state index is 0. The molecule has 12 nitrogen and oxygen atoms in total. The SMILES string of the molecule is CC(C)(C)CN(Cc1cc(-c2cccnc2F)c(S(=O)(=O)c2ccncc2)s1)C(=O)O.CNCc1cc(-c2cccnc2F)c(S(=O)(=O)c2ccncc2)s1.Cl.Cl. The highest BCUT2D eigenvalue weighted by Gasteiger charge is 2.30. The van der Waals surface area contributed by atoms with E-state index in [0.29, 0.717) is 17.0 Å². The number of amides is 1. The second-order valence-electron chi connectivity index (χ2n) is 13.1. The molecule has 0 saturated heterocycles. The molecule has 0 fully saturated rings. The lowest BCUT2D eigenvalue weighted by Crippen LogP contribution is -2.36. The summed E-state index contributed by atoms with van der Waals surface area (Å²) in [6.07, 6.45) is 7.05. The van der Waals surface area contributed by atoms with Crippen LogP contribution in [0, 0.1) is 17.3 Å². The van der Waals surface area contributed by atoms with Crippen molar-refractivity contribution in [3.8, 4) is 22.3 Å². The van der Waals surface area contributed by atoms with Gasteiger partial charge in [-0.1, -0.05) is 20.8 Å². The standard InChI is InChI=1S/C21H22FN3O4S2.C16H14FN3O2S2.2ClH/c1-21(2,3)13-25(20(26)27)12-14-11-17(16-5-4-8-24-18(16)22)19(30-14)31(28,29)15-6-9-23-10-7-15;1-18-10-11-9-14(13-3-2-6-20-15(13)17)16(23-11)24(21,22)12-4-7-19-8-5-12;;/h4-11H,12-13H2,1-3H3,(H,26,27);2-9,18H,10H2,1H3;2*1H. The second-order valence-corrected chi connectivity index (χ2v) is 19.7. The smallest absolute Gasteiger partial charge is 0.407 e. The molecule has 0 unspecified atom stereocenters. The first-order valence-corrected chi connectivity index (χ1v) is 21.0. The van der Waals surface area contributed by atoms with E-state index < -0.39 is 37.7 Å². The Morgan fingerprint density at radius 1 is 0.719 bits per heavy atom. The quantitative estimate of drug-likeness (QED) is 0.120. The fraction of sp³-hybridized carbons (Fsp3) is 0.216. The van der Waals surface area contributed by atoms with Gasteiger partial charge in [-0.15, -0.1) is 47.5 Å². The Labute approximate surface area is 349 Å². The van der Waals surface area contributed by atoms with Crippen molar-refractivity contribution < 1.29 is 35.5 Å². The molecule has 0 radical (unpaired) electrons. The molecule has 304 valence electrons. The first kappa shape index (κ1) is 46.9. The van der Waals surface area contributed by atoms with Gasteiger partial charge in [0.25, 0.3) is 0 Å². The van der Waals surface area contributed by atoms with Crippen LogP contribution in [0.5, 0.6) is 0 Å². The number of aromatic nitrogens is 4. The van der Waals surface area contributed by atoms with Crippen molar-refractivity contribution in [3.05, 3.63) is 119 Å². The summed E-state index contributed by atoms with van der Waals surface area (Å²) >= 11 is 2.05. The van der Waals surface area contributed by atoms with Gasteiger partial charge in [0.1, 0.15) is 8.42 Å². The maximum Gasteiger partial charge on any atom is 0.407 e. The summed E-state index contributed by atoms with van der Waals surface area (Å²) in [5.74, 6) is -1.50. The van der Waals surface area contributed by atoms with Crippen LogP contribution >= 0.6 is 47.5 Å². The van der Waals surface area contributed by atoms with Crippen molar-refractivity contribution >= 4 is 73.3 Å². The molecule has 6 rings (SSSR count). The lowest BCUT2D eigenvalue weighted by atomic mass is 9.96. The maximum absolute atomic E-state index is 14.5. The Kier molecular flexibility index (Phi) is 16.3. The van der Waals surface area contributed by atoms with Crippen molar-refractivity contribution in [1.82, 2.24) is 30.2 Å². The van der Waals surface area contributed by atoms with E-state index in [-0.39, 0.29) is 78.2 Å². The molecule has 0 aromatic carbocycles. The van der Waals surface area contributed by atoms with Gasteiger partial charge in [-0.05, 0) is 73.1 Å². The molecule has 2 N–H and O–H groups in total. The van der Waals surface area contributed by atoms with Crippen LogP contribution in [-0.2, 0) is 32.8 Å². The molecule has 6 aromatic heterocycles. The normalized spacial score (nSPS) is 11.4. The Bertz CT molecular complexity index is 2500. The van der Waals surface area contributed by atoms with E-state index in [9.17, 15) is 35.5 Å². The highest BCUT2D eigenvalue weighted by atomic mass is 35.5. The highest BCUT2D eigenvalue weighted by Crippen LogP contribution is 2.41. The van der Waals surface area contributed by atoms with Crippen LogP contribution in [0.25, 0.3) is 22.3 Å². The first-order valence-electron chi connectivity index (χ1n) is 16.4. The third-order valence-corrected chi connectivity index (χ3v) is 14.5. The zero-order valence-electron chi connectivity index (χ0n) is 30.8. The van der Waals surface area contributed by atoms with E-state index in [4.69, 9.17) is 0 Å².